The fraction of sp³-hybridized carbons (Fsp3) is 0.538. The third-order valence-electron chi connectivity index (χ3n) is 2.66. The van der Waals surface area contributed by atoms with Crippen LogP contribution in [-0.2, 0) is 10.8 Å². The lowest BCUT2D eigenvalue weighted by Crippen LogP contribution is -2.23. The van der Waals surface area contributed by atoms with E-state index in [0.717, 1.165) is 24.9 Å². The van der Waals surface area contributed by atoms with Crippen LogP contribution in [0.25, 0.3) is 0 Å². The molecule has 17 heavy (non-hydrogen) atoms. The van der Waals surface area contributed by atoms with Crippen molar-refractivity contribution in [2.75, 3.05) is 18.6 Å². The molecule has 1 rings (SSSR count). The van der Waals surface area contributed by atoms with Crippen LogP contribution in [0.1, 0.15) is 31.4 Å². The van der Waals surface area contributed by atoms with Crippen LogP contribution in [0, 0.1) is 5.82 Å². The highest BCUT2D eigenvalue weighted by Crippen LogP contribution is 2.17. The number of hydrogen-bond donors (Lipinski definition) is 1. The first-order chi connectivity index (χ1) is 8.13. The molecular formula is C13H20FNOS. The largest absolute Gasteiger partial charge is 0.310 e. The van der Waals surface area contributed by atoms with E-state index in [4.69, 9.17) is 0 Å². The number of benzene rings is 1. The number of nitrogens with one attached hydrogen (secondary N) is 1. The molecule has 1 aromatic rings. The average Bonchev–Trinajstić information content (AvgIpc) is 2.29. The van der Waals surface area contributed by atoms with Crippen LogP contribution in [0.4, 0.5) is 4.39 Å². The fourth-order valence-electron chi connectivity index (χ4n) is 1.77. The quantitative estimate of drug-likeness (QED) is 0.761. The molecule has 2 unspecified atom stereocenters. The highest BCUT2D eigenvalue weighted by atomic mass is 32.2. The maximum atomic E-state index is 13.1. The second kappa shape index (κ2) is 7.56. The zero-order chi connectivity index (χ0) is 12.7. The van der Waals surface area contributed by atoms with Crippen LogP contribution < -0.4 is 5.32 Å². The van der Waals surface area contributed by atoms with Crippen LogP contribution in [0.15, 0.2) is 24.3 Å². The lowest BCUT2D eigenvalue weighted by atomic mass is 10.0. The first-order valence-electron chi connectivity index (χ1n) is 5.92. The van der Waals surface area contributed by atoms with Gasteiger partial charge in [-0.05, 0) is 37.1 Å². The van der Waals surface area contributed by atoms with Crippen LogP contribution in [0.2, 0.25) is 0 Å². The third-order valence-corrected chi connectivity index (χ3v) is 3.52. The highest BCUT2D eigenvalue weighted by molar-refractivity contribution is 7.84. The molecule has 0 saturated heterocycles. The molecule has 0 radical (unpaired) electrons. The average molecular weight is 257 g/mol. The summed E-state index contributed by atoms with van der Waals surface area (Å²) in [6.45, 7) is 2.88. The van der Waals surface area contributed by atoms with Crippen molar-refractivity contribution in [2.45, 2.75) is 25.8 Å². The van der Waals surface area contributed by atoms with Crippen LogP contribution in [0.3, 0.4) is 0 Å². The van der Waals surface area contributed by atoms with Gasteiger partial charge >= 0.3 is 0 Å². The van der Waals surface area contributed by atoms with Crippen LogP contribution >= 0.6 is 0 Å². The molecule has 4 heteroatoms. The standard InChI is InChI=1S/C13H20FNOS/c1-3-13(15-8-5-9-17(2)16)11-6-4-7-12(14)10-11/h4,6-7,10,13,15H,3,5,8-9H2,1-2H3. The van der Waals surface area contributed by atoms with Crippen LogP contribution in [-0.4, -0.2) is 22.8 Å². The molecule has 0 aromatic heterocycles. The van der Waals surface area contributed by atoms with E-state index in [1.54, 1.807) is 18.4 Å². The zero-order valence-corrected chi connectivity index (χ0v) is 11.2. The van der Waals surface area contributed by atoms with Crippen molar-refractivity contribution in [3.8, 4) is 0 Å². The third kappa shape index (κ3) is 5.41. The lowest BCUT2D eigenvalue weighted by Gasteiger charge is -2.17. The van der Waals surface area contributed by atoms with E-state index < -0.39 is 10.8 Å². The first kappa shape index (κ1) is 14.3. The fourth-order valence-corrected chi connectivity index (χ4v) is 2.32. The Kier molecular flexibility index (Phi) is 6.37. The van der Waals surface area contributed by atoms with E-state index in [9.17, 15) is 8.60 Å². The summed E-state index contributed by atoms with van der Waals surface area (Å²) in [6, 6.07) is 6.87. The minimum atomic E-state index is -0.730. The van der Waals surface area contributed by atoms with Gasteiger partial charge in [-0.2, -0.15) is 0 Å². The highest BCUT2D eigenvalue weighted by Gasteiger charge is 2.08. The smallest absolute Gasteiger partial charge is 0.123 e. The molecule has 0 amide bonds. The number of halogens is 1. The van der Waals surface area contributed by atoms with Crippen molar-refractivity contribution in [1.29, 1.82) is 0 Å². The molecule has 0 aliphatic heterocycles. The van der Waals surface area contributed by atoms with Crippen molar-refractivity contribution in [3.63, 3.8) is 0 Å². The molecule has 0 aliphatic rings. The second-order valence-corrected chi connectivity index (χ2v) is 5.66. The van der Waals surface area contributed by atoms with Gasteiger partial charge in [-0.15, -0.1) is 0 Å². The maximum absolute atomic E-state index is 13.1. The van der Waals surface area contributed by atoms with E-state index >= 15 is 0 Å². The van der Waals surface area contributed by atoms with Crippen molar-refractivity contribution in [1.82, 2.24) is 5.32 Å². The lowest BCUT2D eigenvalue weighted by molar-refractivity contribution is 0.514. The molecule has 0 aliphatic carbocycles. The Hall–Kier alpha value is -0.740. The SMILES string of the molecule is CCC(NCCCS(C)=O)c1cccc(F)c1. The normalized spacial score (nSPS) is 14.5. The van der Waals surface area contributed by atoms with Crippen molar-refractivity contribution >= 4 is 10.8 Å². The van der Waals surface area contributed by atoms with Gasteiger partial charge in [0.2, 0.25) is 0 Å². The summed E-state index contributed by atoms with van der Waals surface area (Å²) in [5, 5.41) is 3.37. The van der Waals surface area contributed by atoms with Crippen molar-refractivity contribution in [2.24, 2.45) is 0 Å². The van der Waals surface area contributed by atoms with E-state index in [-0.39, 0.29) is 11.9 Å². The monoisotopic (exact) mass is 257 g/mol. The molecule has 0 spiro atoms. The Bertz CT molecular complexity index is 370. The van der Waals surface area contributed by atoms with Gasteiger partial charge in [0.1, 0.15) is 5.82 Å². The summed E-state index contributed by atoms with van der Waals surface area (Å²) < 4.78 is 24.0. The summed E-state index contributed by atoms with van der Waals surface area (Å²) in [6.07, 6.45) is 3.51. The minimum absolute atomic E-state index is 0.177. The molecule has 96 valence electrons. The van der Waals surface area contributed by atoms with Gasteiger partial charge in [-0.3, -0.25) is 4.21 Å². The number of hydrogen-bond acceptors (Lipinski definition) is 2. The van der Waals surface area contributed by atoms with Gasteiger partial charge in [0.15, 0.2) is 0 Å². The Balaban J connectivity index is 2.45. The Morgan fingerprint density at radius 3 is 2.82 bits per heavy atom. The van der Waals surface area contributed by atoms with Gasteiger partial charge in [0, 0.05) is 28.9 Å². The molecule has 2 atom stereocenters. The Morgan fingerprint density at radius 1 is 1.47 bits per heavy atom. The van der Waals surface area contributed by atoms with E-state index in [1.807, 2.05) is 6.07 Å². The zero-order valence-electron chi connectivity index (χ0n) is 10.4. The molecular weight excluding hydrogens is 237 g/mol. The Labute approximate surface area is 105 Å². The predicted molar refractivity (Wildman–Crippen MR) is 71.0 cm³/mol. The maximum Gasteiger partial charge on any atom is 0.123 e. The molecule has 2 nitrogen and oxygen atoms in total. The van der Waals surface area contributed by atoms with Gasteiger partial charge in [-0.25, -0.2) is 4.39 Å². The Morgan fingerprint density at radius 2 is 2.24 bits per heavy atom. The van der Waals surface area contributed by atoms with Gasteiger partial charge < -0.3 is 5.32 Å². The number of rotatable bonds is 7. The molecule has 1 N–H and O–H groups in total. The molecule has 0 heterocycles. The first-order valence-corrected chi connectivity index (χ1v) is 7.65. The van der Waals surface area contributed by atoms with E-state index in [1.165, 1.54) is 6.07 Å². The minimum Gasteiger partial charge on any atom is -0.310 e. The molecule has 0 saturated carbocycles. The molecule has 0 bridgehead atoms. The van der Waals surface area contributed by atoms with Crippen molar-refractivity contribution in [3.05, 3.63) is 35.6 Å². The summed E-state index contributed by atoms with van der Waals surface area (Å²) in [5.74, 6) is 0.518. The summed E-state index contributed by atoms with van der Waals surface area (Å²) in [4.78, 5) is 0. The summed E-state index contributed by atoms with van der Waals surface area (Å²) in [5.41, 5.74) is 0.977. The predicted octanol–water partition coefficient (Wildman–Crippen LogP) is 2.64. The summed E-state index contributed by atoms with van der Waals surface area (Å²) >= 11 is 0. The van der Waals surface area contributed by atoms with Gasteiger partial charge in [-0.1, -0.05) is 19.1 Å². The van der Waals surface area contributed by atoms with E-state index in [0.29, 0.717) is 5.75 Å². The van der Waals surface area contributed by atoms with Gasteiger partial charge in [0.25, 0.3) is 0 Å². The van der Waals surface area contributed by atoms with Crippen LogP contribution in [0.5, 0.6) is 0 Å². The second-order valence-electron chi connectivity index (χ2n) is 4.10. The molecule has 0 fully saturated rings. The molecule has 1 aromatic carbocycles. The van der Waals surface area contributed by atoms with E-state index in [2.05, 4.69) is 12.2 Å². The summed E-state index contributed by atoms with van der Waals surface area (Å²) in [7, 11) is -0.730. The van der Waals surface area contributed by atoms with Crippen molar-refractivity contribution < 1.29 is 8.60 Å². The van der Waals surface area contributed by atoms with Gasteiger partial charge in [0.05, 0.1) is 0 Å². The topological polar surface area (TPSA) is 29.1 Å².